The van der Waals surface area contributed by atoms with Crippen molar-refractivity contribution in [2.24, 2.45) is 0 Å². The third-order valence-corrected chi connectivity index (χ3v) is 6.31. The number of rotatable bonds is 10. The molecular formula is C29H41N3O5. The van der Waals surface area contributed by atoms with Crippen LogP contribution >= 0.6 is 0 Å². The van der Waals surface area contributed by atoms with Gasteiger partial charge < -0.3 is 19.9 Å². The van der Waals surface area contributed by atoms with Crippen molar-refractivity contribution in [3.05, 3.63) is 71.8 Å². The first-order valence-corrected chi connectivity index (χ1v) is 13.1. The van der Waals surface area contributed by atoms with Crippen molar-refractivity contribution < 1.29 is 24.2 Å². The van der Waals surface area contributed by atoms with Gasteiger partial charge in [-0.3, -0.25) is 5.43 Å². The summed E-state index contributed by atoms with van der Waals surface area (Å²) in [7, 11) is 0. The Kier molecular flexibility index (Phi) is 10.8. The van der Waals surface area contributed by atoms with E-state index in [1.807, 2.05) is 81.4 Å². The summed E-state index contributed by atoms with van der Waals surface area (Å²) < 4.78 is 10.9. The Labute approximate surface area is 220 Å². The van der Waals surface area contributed by atoms with Crippen molar-refractivity contribution in [1.82, 2.24) is 15.8 Å². The van der Waals surface area contributed by atoms with Gasteiger partial charge in [0.15, 0.2) is 0 Å². The number of alkyl carbamates (subject to hydrolysis) is 1. The fourth-order valence-electron chi connectivity index (χ4n) is 4.49. The molecule has 2 amide bonds. The quantitative estimate of drug-likeness (QED) is 0.390. The molecule has 0 saturated heterocycles. The van der Waals surface area contributed by atoms with Crippen LogP contribution in [0.4, 0.5) is 9.59 Å². The highest BCUT2D eigenvalue weighted by atomic mass is 16.6. The van der Waals surface area contributed by atoms with Gasteiger partial charge in [-0.25, -0.2) is 14.6 Å². The van der Waals surface area contributed by atoms with Gasteiger partial charge in [0.05, 0.1) is 12.1 Å². The minimum Gasteiger partial charge on any atom is -0.445 e. The zero-order chi connectivity index (χ0) is 26.7. The summed E-state index contributed by atoms with van der Waals surface area (Å²) in [5, 5.41) is 16.0. The van der Waals surface area contributed by atoms with E-state index in [0.717, 1.165) is 43.2 Å². The number of nitrogens with zero attached hydrogens (tertiary/aromatic N) is 1. The second-order valence-corrected chi connectivity index (χ2v) is 10.6. The highest BCUT2D eigenvalue weighted by molar-refractivity contribution is 5.68. The molecule has 0 radical (unpaired) electrons. The van der Waals surface area contributed by atoms with Crippen molar-refractivity contribution in [3.8, 4) is 0 Å². The van der Waals surface area contributed by atoms with Crippen LogP contribution in [-0.4, -0.2) is 52.6 Å². The van der Waals surface area contributed by atoms with E-state index < -0.39 is 29.9 Å². The van der Waals surface area contributed by atoms with Gasteiger partial charge in [-0.1, -0.05) is 79.9 Å². The first kappa shape index (κ1) is 28.5. The number of ether oxygens (including phenoxy) is 2. The van der Waals surface area contributed by atoms with Crippen molar-refractivity contribution in [1.29, 1.82) is 0 Å². The molecule has 8 nitrogen and oxygen atoms in total. The van der Waals surface area contributed by atoms with Crippen LogP contribution in [0.15, 0.2) is 60.7 Å². The van der Waals surface area contributed by atoms with E-state index in [9.17, 15) is 14.7 Å². The van der Waals surface area contributed by atoms with Gasteiger partial charge in [-0.15, -0.1) is 0 Å². The number of amides is 2. The summed E-state index contributed by atoms with van der Waals surface area (Å²) in [6, 6.07) is 18.6. The van der Waals surface area contributed by atoms with Gasteiger partial charge >= 0.3 is 12.2 Å². The molecular weight excluding hydrogens is 470 g/mol. The molecule has 1 aliphatic rings. The van der Waals surface area contributed by atoms with Crippen LogP contribution in [0.5, 0.6) is 0 Å². The molecule has 37 heavy (non-hydrogen) atoms. The molecule has 1 fully saturated rings. The summed E-state index contributed by atoms with van der Waals surface area (Å²) in [5.74, 6) is 0. The van der Waals surface area contributed by atoms with Gasteiger partial charge in [0.25, 0.3) is 0 Å². The molecule has 0 bridgehead atoms. The molecule has 2 aromatic rings. The van der Waals surface area contributed by atoms with Crippen LogP contribution in [0.3, 0.4) is 0 Å². The lowest BCUT2D eigenvalue weighted by molar-refractivity contribution is -0.00406. The van der Waals surface area contributed by atoms with Crippen LogP contribution in [-0.2, 0) is 22.5 Å². The predicted molar refractivity (Wildman–Crippen MR) is 143 cm³/mol. The highest BCUT2D eigenvalue weighted by Crippen LogP contribution is 2.22. The SMILES string of the molecule is CC(C)(C)OC(=O)NN(C[C@H](O)[C@H](Cc1ccccc1)NC(=O)OCc1ccccc1)C1CCCCC1. The summed E-state index contributed by atoms with van der Waals surface area (Å²) in [6.45, 7) is 5.71. The van der Waals surface area contributed by atoms with Gasteiger partial charge in [-0.2, -0.15) is 0 Å². The Bertz CT molecular complexity index is 959. The molecule has 0 heterocycles. The fourth-order valence-corrected chi connectivity index (χ4v) is 4.49. The van der Waals surface area contributed by atoms with Crippen molar-refractivity contribution >= 4 is 12.2 Å². The summed E-state index contributed by atoms with van der Waals surface area (Å²) in [5.41, 5.74) is 4.07. The molecule has 0 unspecified atom stereocenters. The molecule has 0 aromatic heterocycles. The molecule has 2 aromatic carbocycles. The van der Waals surface area contributed by atoms with Crippen molar-refractivity contribution in [3.63, 3.8) is 0 Å². The minimum absolute atomic E-state index is 0.0818. The van der Waals surface area contributed by atoms with E-state index in [-0.39, 0.29) is 19.2 Å². The Morgan fingerprint density at radius 1 is 0.946 bits per heavy atom. The summed E-state index contributed by atoms with van der Waals surface area (Å²) in [4.78, 5) is 25.3. The fraction of sp³-hybridized carbons (Fsp3) is 0.517. The minimum atomic E-state index is -0.971. The topological polar surface area (TPSA) is 100 Å². The number of nitrogens with one attached hydrogen (secondary N) is 2. The number of aliphatic hydroxyl groups is 1. The summed E-state index contributed by atoms with van der Waals surface area (Å²) in [6.07, 6.45) is 3.39. The van der Waals surface area contributed by atoms with Gasteiger partial charge in [0.1, 0.15) is 12.2 Å². The Morgan fingerprint density at radius 2 is 1.54 bits per heavy atom. The number of carbonyl (C=O) groups excluding carboxylic acids is 2. The van der Waals surface area contributed by atoms with Crippen LogP contribution in [0.2, 0.25) is 0 Å². The Morgan fingerprint density at radius 3 is 2.14 bits per heavy atom. The molecule has 3 N–H and O–H groups in total. The predicted octanol–water partition coefficient (Wildman–Crippen LogP) is 4.96. The van der Waals surface area contributed by atoms with Gasteiger partial charge in [0.2, 0.25) is 0 Å². The third-order valence-electron chi connectivity index (χ3n) is 6.31. The van der Waals surface area contributed by atoms with E-state index in [4.69, 9.17) is 9.47 Å². The third kappa shape index (κ3) is 10.4. The summed E-state index contributed by atoms with van der Waals surface area (Å²) >= 11 is 0. The van der Waals surface area contributed by atoms with Crippen molar-refractivity contribution in [2.45, 2.75) is 89.7 Å². The zero-order valence-electron chi connectivity index (χ0n) is 22.2. The second-order valence-electron chi connectivity index (χ2n) is 10.6. The second kappa shape index (κ2) is 14.0. The Hall–Kier alpha value is -3.10. The molecule has 8 heteroatoms. The zero-order valence-corrected chi connectivity index (χ0v) is 22.2. The number of hydrazine groups is 1. The molecule has 0 aliphatic heterocycles. The van der Waals surface area contributed by atoms with E-state index >= 15 is 0 Å². The number of carbonyl (C=O) groups is 2. The molecule has 3 rings (SSSR count). The smallest absolute Gasteiger partial charge is 0.422 e. The van der Waals surface area contributed by atoms with Crippen LogP contribution in [0.1, 0.15) is 64.0 Å². The maximum Gasteiger partial charge on any atom is 0.422 e. The molecule has 1 saturated carbocycles. The number of hydrogen-bond acceptors (Lipinski definition) is 6. The maximum absolute atomic E-state index is 12.7. The van der Waals surface area contributed by atoms with Gasteiger partial charge in [-0.05, 0) is 51.2 Å². The van der Waals surface area contributed by atoms with Crippen LogP contribution in [0.25, 0.3) is 0 Å². The van der Waals surface area contributed by atoms with E-state index in [1.165, 1.54) is 0 Å². The Balaban J connectivity index is 1.70. The average Bonchev–Trinajstić information content (AvgIpc) is 2.87. The van der Waals surface area contributed by atoms with E-state index in [0.29, 0.717) is 6.42 Å². The van der Waals surface area contributed by atoms with Gasteiger partial charge in [0, 0.05) is 12.6 Å². The van der Waals surface area contributed by atoms with Crippen LogP contribution < -0.4 is 10.7 Å². The average molecular weight is 512 g/mol. The van der Waals surface area contributed by atoms with Crippen LogP contribution in [0, 0.1) is 0 Å². The molecule has 202 valence electrons. The maximum atomic E-state index is 12.7. The standard InChI is InChI=1S/C29H41N3O5/c1-29(2,3)37-28(35)31-32(24-17-11-6-12-18-24)20-26(33)25(19-22-13-7-4-8-14-22)30-27(34)36-21-23-15-9-5-10-16-23/h4-5,7-10,13-16,24-26,33H,6,11-12,17-21H2,1-3H3,(H,30,34)(H,31,35)/t25-,26-/m0/s1. The lowest BCUT2D eigenvalue weighted by Crippen LogP contribution is -2.57. The lowest BCUT2D eigenvalue weighted by Gasteiger charge is -2.37. The number of aliphatic hydroxyl groups excluding tert-OH is 1. The first-order chi connectivity index (χ1) is 17.7. The van der Waals surface area contributed by atoms with Crippen molar-refractivity contribution in [2.75, 3.05) is 6.54 Å². The molecule has 1 aliphatic carbocycles. The highest BCUT2D eigenvalue weighted by Gasteiger charge is 2.30. The van der Waals surface area contributed by atoms with E-state index in [2.05, 4.69) is 10.7 Å². The number of hydrogen-bond donors (Lipinski definition) is 3. The normalized spacial score (nSPS) is 16.0. The van der Waals surface area contributed by atoms with E-state index in [1.54, 1.807) is 5.01 Å². The largest absolute Gasteiger partial charge is 0.445 e. The number of benzene rings is 2. The molecule has 2 atom stereocenters. The lowest BCUT2D eigenvalue weighted by atomic mass is 9.94. The first-order valence-electron chi connectivity index (χ1n) is 13.1. The monoisotopic (exact) mass is 511 g/mol. The molecule has 0 spiro atoms.